The predicted octanol–water partition coefficient (Wildman–Crippen LogP) is 2.56. The Bertz CT molecular complexity index is 416. The molecule has 92 valence electrons. The monoisotopic (exact) mass is 242 g/mol. The maximum Gasteiger partial charge on any atom is 0.341 e. The van der Waals surface area contributed by atoms with E-state index in [-0.39, 0.29) is 5.92 Å². The third-order valence-corrected chi connectivity index (χ3v) is 2.97. The normalized spacial score (nSPS) is 17.1. The van der Waals surface area contributed by atoms with Crippen molar-refractivity contribution in [3.8, 4) is 0 Å². The van der Waals surface area contributed by atoms with Gasteiger partial charge in [0.25, 0.3) is 0 Å². The summed E-state index contributed by atoms with van der Waals surface area (Å²) in [6.45, 7) is 1.13. The van der Waals surface area contributed by atoms with Crippen LogP contribution in [0.2, 0.25) is 0 Å². The maximum absolute atomic E-state index is 13.5. The second kappa shape index (κ2) is 4.79. The number of carboxylic acid groups (broad SMARTS) is 1. The lowest BCUT2D eigenvalue weighted by molar-refractivity contribution is 0.0685. The van der Waals surface area contributed by atoms with Crippen molar-refractivity contribution in [1.29, 1.82) is 0 Å². The number of hydrogen-bond donors (Lipinski definition) is 1. The van der Waals surface area contributed by atoms with Crippen LogP contribution < -0.4 is 0 Å². The molecule has 0 atom stereocenters. The Balaban J connectivity index is 2.34. The van der Waals surface area contributed by atoms with E-state index in [0.29, 0.717) is 31.6 Å². The fourth-order valence-electron chi connectivity index (χ4n) is 2.06. The maximum atomic E-state index is 13.5. The minimum atomic E-state index is -1.58. The first-order valence-electron chi connectivity index (χ1n) is 5.39. The fraction of sp³-hybridized carbons (Fsp3) is 0.417. The van der Waals surface area contributed by atoms with E-state index in [2.05, 4.69) is 0 Å². The Morgan fingerprint density at radius 3 is 2.24 bits per heavy atom. The summed E-state index contributed by atoms with van der Waals surface area (Å²) < 4.78 is 32.1. The van der Waals surface area contributed by atoms with Crippen molar-refractivity contribution in [3.63, 3.8) is 0 Å². The molecule has 1 fully saturated rings. The highest BCUT2D eigenvalue weighted by atomic mass is 19.1. The summed E-state index contributed by atoms with van der Waals surface area (Å²) in [5, 5.41) is 8.65. The molecule has 3 nitrogen and oxygen atoms in total. The van der Waals surface area contributed by atoms with Crippen molar-refractivity contribution in [3.05, 3.63) is 34.9 Å². The third kappa shape index (κ3) is 2.44. The molecule has 0 radical (unpaired) electrons. The highest BCUT2D eigenvalue weighted by molar-refractivity contribution is 5.88. The van der Waals surface area contributed by atoms with Gasteiger partial charge >= 0.3 is 5.97 Å². The molecule has 0 aromatic heterocycles. The van der Waals surface area contributed by atoms with Crippen LogP contribution in [-0.4, -0.2) is 24.3 Å². The topological polar surface area (TPSA) is 46.5 Å². The van der Waals surface area contributed by atoms with Gasteiger partial charge in [0, 0.05) is 13.2 Å². The molecule has 1 N–H and O–H groups in total. The molecular weight excluding hydrogens is 230 g/mol. The number of carbonyl (C=O) groups is 1. The number of aromatic carboxylic acids is 1. The van der Waals surface area contributed by atoms with E-state index in [1.165, 1.54) is 0 Å². The van der Waals surface area contributed by atoms with Crippen LogP contribution in [0, 0.1) is 11.6 Å². The van der Waals surface area contributed by atoms with Crippen LogP contribution >= 0.6 is 0 Å². The van der Waals surface area contributed by atoms with Gasteiger partial charge < -0.3 is 9.84 Å². The molecule has 0 spiro atoms. The first-order valence-corrected chi connectivity index (χ1v) is 5.39. The van der Waals surface area contributed by atoms with Gasteiger partial charge in [0.15, 0.2) is 0 Å². The molecule has 0 bridgehead atoms. The number of rotatable bonds is 2. The van der Waals surface area contributed by atoms with Gasteiger partial charge in [-0.05, 0) is 36.5 Å². The summed E-state index contributed by atoms with van der Waals surface area (Å²) in [6.07, 6.45) is 1.40. The predicted molar refractivity (Wildman–Crippen MR) is 56.1 cm³/mol. The molecule has 1 aromatic carbocycles. The summed E-state index contributed by atoms with van der Waals surface area (Å²) in [4.78, 5) is 10.6. The Labute approximate surface area is 97.0 Å². The van der Waals surface area contributed by atoms with E-state index in [4.69, 9.17) is 9.84 Å². The minimum absolute atomic E-state index is 0.0376. The SMILES string of the molecule is O=C(O)c1c(F)cc(C2CCOCC2)cc1F. The van der Waals surface area contributed by atoms with Crippen LogP contribution in [0.5, 0.6) is 0 Å². The lowest BCUT2D eigenvalue weighted by atomic mass is 9.91. The third-order valence-electron chi connectivity index (χ3n) is 2.97. The number of benzene rings is 1. The van der Waals surface area contributed by atoms with Crippen LogP contribution in [-0.2, 0) is 4.74 Å². The van der Waals surface area contributed by atoms with Gasteiger partial charge in [0.1, 0.15) is 17.2 Å². The molecule has 0 amide bonds. The van der Waals surface area contributed by atoms with E-state index in [0.717, 1.165) is 12.1 Å². The zero-order valence-corrected chi connectivity index (χ0v) is 9.08. The van der Waals surface area contributed by atoms with E-state index in [9.17, 15) is 13.6 Å². The second-order valence-corrected chi connectivity index (χ2v) is 4.05. The van der Waals surface area contributed by atoms with Crippen LogP contribution in [0.1, 0.15) is 34.7 Å². The van der Waals surface area contributed by atoms with Gasteiger partial charge in [0.2, 0.25) is 0 Å². The van der Waals surface area contributed by atoms with Gasteiger partial charge in [-0.15, -0.1) is 0 Å². The van der Waals surface area contributed by atoms with E-state index < -0.39 is 23.2 Å². The van der Waals surface area contributed by atoms with E-state index in [1.54, 1.807) is 0 Å². The molecular formula is C12H12F2O3. The van der Waals surface area contributed by atoms with Gasteiger partial charge in [-0.25, -0.2) is 13.6 Å². The average Bonchev–Trinajstić information content (AvgIpc) is 2.28. The smallest absolute Gasteiger partial charge is 0.341 e. The van der Waals surface area contributed by atoms with Crippen LogP contribution in [0.25, 0.3) is 0 Å². The quantitative estimate of drug-likeness (QED) is 0.866. The number of ether oxygens (including phenoxy) is 1. The molecule has 1 aromatic rings. The van der Waals surface area contributed by atoms with Crippen LogP contribution in [0.3, 0.4) is 0 Å². The van der Waals surface area contributed by atoms with E-state index >= 15 is 0 Å². The number of hydrogen-bond acceptors (Lipinski definition) is 2. The molecule has 1 aliphatic heterocycles. The van der Waals surface area contributed by atoms with Crippen molar-refractivity contribution in [2.75, 3.05) is 13.2 Å². The van der Waals surface area contributed by atoms with Gasteiger partial charge in [-0.2, -0.15) is 0 Å². The second-order valence-electron chi connectivity index (χ2n) is 4.05. The van der Waals surface area contributed by atoms with Gasteiger partial charge in [0.05, 0.1) is 0 Å². The molecule has 0 aliphatic carbocycles. The first-order chi connectivity index (χ1) is 8.09. The van der Waals surface area contributed by atoms with Crippen molar-refractivity contribution >= 4 is 5.97 Å². The molecule has 1 aliphatic rings. The Hall–Kier alpha value is -1.49. The zero-order valence-electron chi connectivity index (χ0n) is 9.08. The van der Waals surface area contributed by atoms with Crippen LogP contribution in [0.4, 0.5) is 8.78 Å². The molecule has 5 heteroatoms. The standard InChI is InChI=1S/C12H12F2O3/c13-9-5-8(7-1-3-17-4-2-7)6-10(14)11(9)12(15)16/h5-7H,1-4H2,(H,15,16). The zero-order chi connectivity index (χ0) is 12.4. The number of carboxylic acids is 1. The van der Waals surface area contributed by atoms with E-state index in [1.807, 2.05) is 0 Å². The molecule has 17 heavy (non-hydrogen) atoms. The van der Waals surface area contributed by atoms with Gasteiger partial charge in [-0.3, -0.25) is 0 Å². The highest BCUT2D eigenvalue weighted by Gasteiger charge is 2.22. The fourth-order valence-corrected chi connectivity index (χ4v) is 2.06. The molecule has 0 saturated carbocycles. The molecule has 2 rings (SSSR count). The molecule has 1 saturated heterocycles. The summed E-state index contributed by atoms with van der Waals surface area (Å²) in [5.41, 5.74) is -0.380. The Kier molecular flexibility index (Phi) is 3.38. The average molecular weight is 242 g/mol. The summed E-state index contributed by atoms with van der Waals surface area (Å²) in [5.74, 6) is -3.58. The van der Waals surface area contributed by atoms with Crippen molar-refractivity contribution in [2.45, 2.75) is 18.8 Å². The Morgan fingerprint density at radius 2 is 1.76 bits per heavy atom. The lowest BCUT2D eigenvalue weighted by Crippen LogP contribution is -2.15. The summed E-state index contributed by atoms with van der Waals surface area (Å²) in [7, 11) is 0. The van der Waals surface area contributed by atoms with Crippen LogP contribution in [0.15, 0.2) is 12.1 Å². The summed E-state index contributed by atoms with van der Waals surface area (Å²) in [6, 6.07) is 2.23. The highest BCUT2D eigenvalue weighted by Crippen LogP contribution is 2.29. The largest absolute Gasteiger partial charge is 0.477 e. The lowest BCUT2D eigenvalue weighted by Gasteiger charge is -2.22. The first kappa shape index (κ1) is 12.0. The molecule has 0 unspecified atom stereocenters. The summed E-state index contributed by atoms with van der Waals surface area (Å²) >= 11 is 0. The molecule has 1 heterocycles. The van der Waals surface area contributed by atoms with Gasteiger partial charge in [-0.1, -0.05) is 0 Å². The Morgan fingerprint density at radius 1 is 1.24 bits per heavy atom. The number of halogens is 2. The minimum Gasteiger partial charge on any atom is -0.477 e. The van der Waals surface area contributed by atoms with Crippen molar-refractivity contribution < 1.29 is 23.4 Å². The van der Waals surface area contributed by atoms with Crippen molar-refractivity contribution in [1.82, 2.24) is 0 Å². The van der Waals surface area contributed by atoms with Crippen molar-refractivity contribution in [2.24, 2.45) is 0 Å².